The van der Waals surface area contributed by atoms with Crippen LogP contribution < -0.4 is 0 Å². The van der Waals surface area contributed by atoms with Crippen LogP contribution in [0.1, 0.15) is 41.5 Å². The molecule has 0 saturated carbocycles. The number of hydrogen-bond donors (Lipinski definition) is 0. The molecule has 0 radical (unpaired) electrons. The van der Waals surface area contributed by atoms with Gasteiger partial charge in [-0.15, -0.1) is 0 Å². The van der Waals surface area contributed by atoms with Gasteiger partial charge in [0.2, 0.25) is 0 Å². The van der Waals surface area contributed by atoms with Gasteiger partial charge in [-0.3, -0.25) is 0 Å². The summed E-state index contributed by atoms with van der Waals surface area (Å²) in [5, 5.41) is 0. The van der Waals surface area contributed by atoms with E-state index in [0.29, 0.717) is 0 Å². The SMILES string of the molecule is CC(C)OP(OC(C)C)OC(C)C.[Cl][Co]([Cl])[Cl]. The molecule has 0 saturated heterocycles. The third kappa shape index (κ3) is 23.2. The van der Waals surface area contributed by atoms with Gasteiger partial charge in [0, 0.05) is 0 Å². The summed E-state index contributed by atoms with van der Waals surface area (Å²) in [4.78, 5) is 0. The van der Waals surface area contributed by atoms with E-state index in [-0.39, 0.29) is 18.3 Å². The molecule has 17 heavy (non-hydrogen) atoms. The first-order valence-corrected chi connectivity index (χ1v) is 10.5. The van der Waals surface area contributed by atoms with Crippen LogP contribution in [-0.2, 0) is 24.5 Å². The maximum absolute atomic E-state index is 5.49. The summed E-state index contributed by atoms with van der Waals surface area (Å²) in [6, 6.07) is 0. The fourth-order valence-electron chi connectivity index (χ4n) is 0.591. The van der Waals surface area contributed by atoms with Crippen LogP contribution in [-0.4, -0.2) is 18.3 Å². The Balaban J connectivity index is 0. The van der Waals surface area contributed by atoms with Crippen molar-refractivity contribution >= 4 is 39.0 Å². The molecule has 0 aromatic carbocycles. The monoisotopic (exact) mass is 372 g/mol. The quantitative estimate of drug-likeness (QED) is 0.571. The second-order valence-electron chi connectivity index (χ2n) is 3.83. The molecule has 0 spiro atoms. The van der Waals surface area contributed by atoms with Crippen molar-refractivity contribution in [1.29, 1.82) is 0 Å². The van der Waals surface area contributed by atoms with Crippen molar-refractivity contribution in [3.05, 3.63) is 0 Å². The number of halogens is 3. The first-order chi connectivity index (χ1) is 7.65. The predicted molar refractivity (Wildman–Crippen MR) is 73.1 cm³/mol. The zero-order valence-corrected chi connectivity index (χ0v) is 15.1. The van der Waals surface area contributed by atoms with E-state index in [4.69, 9.17) is 44.0 Å². The first-order valence-electron chi connectivity index (χ1n) is 5.10. The summed E-state index contributed by atoms with van der Waals surface area (Å²) in [6.07, 6.45) is 0.427. The van der Waals surface area contributed by atoms with Gasteiger partial charge in [-0.2, -0.15) is 0 Å². The van der Waals surface area contributed by atoms with Gasteiger partial charge in [0.15, 0.2) is 0 Å². The molecule has 0 aliphatic rings. The molecule has 0 aliphatic heterocycles. The van der Waals surface area contributed by atoms with E-state index in [2.05, 4.69) is 0 Å². The van der Waals surface area contributed by atoms with E-state index in [1.165, 1.54) is 0 Å². The Hall–Kier alpha value is 1.69. The van der Waals surface area contributed by atoms with E-state index in [1.54, 1.807) is 0 Å². The molecule has 0 rings (SSSR count). The predicted octanol–water partition coefficient (Wildman–Crippen LogP) is 5.55. The Kier molecular flexibility index (Phi) is 15.7. The van der Waals surface area contributed by atoms with Crippen LogP contribution in [0.3, 0.4) is 0 Å². The Morgan fingerprint density at radius 2 is 0.882 bits per heavy atom. The van der Waals surface area contributed by atoms with Gasteiger partial charge in [-0.1, -0.05) is 0 Å². The molecular weight excluding hydrogens is 352 g/mol. The van der Waals surface area contributed by atoms with Crippen molar-refractivity contribution in [2.75, 3.05) is 0 Å². The van der Waals surface area contributed by atoms with E-state index >= 15 is 0 Å². The molecule has 0 atom stereocenters. The van der Waals surface area contributed by atoms with Crippen molar-refractivity contribution in [2.24, 2.45) is 0 Å². The average Bonchev–Trinajstić information content (AvgIpc) is 1.96. The first kappa shape index (κ1) is 21.0. The van der Waals surface area contributed by atoms with Crippen molar-refractivity contribution in [2.45, 2.75) is 59.9 Å². The second-order valence-corrected chi connectivity index (χ2v) is 10.1. The van der Waals surface area contributed by atoms with Gasteiger partial charge in [0.1, 0.15) is 0 Å². The topological polar surface area (TPSA) is 27.7 Å². The van der Waals surface area contributed by atoms with Crippen LogP contribution in [0, 0.1) is 0 Å². The molecule has 0 heterocycles. The minimum atomic E-state index is -1.19. The van der Waals surface area contributed by atoms with E-state index in [0.717, 1.165) is 0 Å². The maximum atomic E-state index is 5.49. The zero-order valence-electron chi connectivity index (χ0n) is 10.9. The van der Waals surface area contributed by atoms with Crippen LogP contribution in [0.15, 0.2) is 0 Å². The van der Waals surface area contributed by atoms with Gasteiger partial charge in [-0.25, -0.2) is 0 Å². The normalized spacial score (nSPS) is 12.2. The van der Waals surface area contributed by atoms with Gasteiger partial charge in [-0.05, 0) is 41.5 Å². The van der Waals surface area contributed by atoms with Gasteiger partial charge in [0.05, 0.1) is 18.3 Å². The second kappa shape index (κ2) is 12.7. The zero-order chi connectivity index (χ0) is 14.0. The number of hydrogen-bond acceptors (Lipinski definition) is 3. The van der Waals surface area contributed by atoms with Crippen LogP contribution in [0.25, 0.3) is 0 Å². The van der Waals surface area contributed by atoms with Gasteiger partial charge in [0.25, 0.3) is 0 Å². The fourth-order valence-corrected chi connectivity index (χ4v) is 1.77. The Morgan fingerprint density at radius 3 is 1.00 bits per heavy atom. The molecule has 0 fully saturated rings. The molecule has 8 heteroatoms. The van der Waals surface area contributed by atoms with E-state index < -0.39 is 19.6 Å². The molecule has 3 nitrogen and oxygen atoms in total. The minimum absolute atomic E-state index is 0.142. The Morgan fingerprint density at radius 1 is 0.706 bits per heavy atom. The van der Waals surface area contributed by atoms with Crippen molar-refractivity contribution in [1.82, 2.24) is 0 Å². The molecular formula is C9H21Cl3CoO3P. The Bertz CT molecular complexity index is 147. The van der Waals surface area contributed by atoms with Crippen molar-refractivity contribution < 1.29 is 24.5 Å². The Labute approximate surface area is 123 Å². The van der Waals surface area contributed by atoms with Gasteiger partial charge < -0.3 is 13.6 Å². The van der Waals surface area contributed by atoms with Crippen LogP contribution in [0.5, 0.6) is 0 Å². The van der Waals surface area contributed by atoms with Crippen molar-refractivity contribution in [3.63, 3.8) is 0 Å². The molecule has 0 unspecified atom stereocenters. The van der Waals surface area contributed by atoms with Crippen molar-refractivity contribution in [3.8, 4) is 0 Å². The molecule has 0 N–H and O–H groups in total. The van der Waals surface area contributed by atoms with Crippen LogP contribution in [0.4, 0.5) is 0 Å². The summed E-state index contributed by atoms with van der Waals surface area (Å²) in [6.45, 7) is 11.8. The summed E-state index contributed by atoms with van der Waals surface area (Å²) in [5.41, 5.74) is 0. The summed E-state index contributed by atoms with van der Waals surface area (Å²) in [7, 11) is 12.2. The van der Waals surface area contributed by atoms with Crippen LogP contribution in [0.2, 0.25) is 0 Å². The third-order valence-electron chi connectivity index (χ3n) is 0.891. The average molecular weight is 374 g/mol. The molecule has 110 valence electrons. The third-order valence-corrected chi connectivity index (χ3v) is 2.67. The molecule has 0 aromatic rings. The summed E-state index contributed by atoms with van der Waals surface area (Å²) >= 11 is 0. The standard InChI is InChI=1S/C9H21O3P.3ClH.Co/c1-7(2)10-13(11-8(3)4)12-9(5)6;;;;/h7-9H,1-6H3;3*1H;/q;;;;+3/p-3. The summed E-state index contributed by atoms with van der Waals surface area (Å²) in [5.74, 6) is 0. The molecule has 0 aliphatic carbocycles. The van der Waals surface area contributed by atoms with Crippen LogP contribution >= 0.6 is 39.0 Å². The van der Waals surface area contributed by atoms with E-state index in [9.17, 15) is 0 Å². The van der Waals surface area contributed by atoms with Gasteiger partial charge >= 0.3 is 50.0 Å². The summed E-state index contributed by atoms with van der Waals surface area (Å²) < 4.78 is 16.5. The molecule has 0 bridgehead atoms. The fraction of sp³-hybridized carbons (Fsp3) is 1.00. The number of rotatable bonds is 6. The molecule has 0 aromatic heterocycles. The molecule has 0 amide bonds. The van der Waals surface area contributed by atoms with E-state index in [1.807, 2.05) is 41.5 Å².